The predicted molar refractivity (Wildman–Crippen MR) is 155 cm³/mol. The Morgan fingerprint density at radius 1 is 0.872 bits per heavy atom. The molecule has 0 aliphatic carbocycles. The average molecular weight is 525 g/mol. The highest BCUT2D eigenvalue weighted by molar-refractivity contribution is 5.94. The van der Waals surface area contributed by atoms with E-state index in [1.807, 2.05) is 78.9 Å². The molecule has 3 aromatic carbocycles. The van der Waals surface area contributed by atoms with Gasteiger partial charge in [-0.05, 0) is 60.0 Å². The van der Waals surface area contributed by atoms with Crippen molar-refractivity contribution in [3.05, 3.63) is 102 Å². The first-order valence-corrected chi connectivity index (χ1v) is 13.6. The molecule has 0 saturated carbocycles. The zero-order valence-electron chi connectivity index (χ0n) is 22.4. The molecule has 0 spiro atoms. The lowest BCUT2D eigenvalue weighted by Gasteiger charge is -2.06. The molecule has 0 unspecified atom stereocenters. The second kappa shape index (κ2) is 15.1. The molecule has 1 heterocycles. The number of carbonyl (C=O) groups is 1. The van der Waals surface area contributed by atoms with Gasteiger partial charge in [-0.2, -0.15) is 10.2 Å². The van der Waals surface area contributed by atoms with Crippen LogP contribution in [0, 0.1) is 0 Å². The molecule has 1 aromatic heterocycles. The maximum Gasteiger partial charge on any atom is 0.289 e. The van der Waals surface area contributed by atoms with Gasteiger partial charge in [0, 0.05) is 5.56 Å². The lowest BCUT2D eigenvalue weighted by molar-refractivity contribution is 0.0950. The summed E-state index contributed by atoms with van der Waals surface area (Å²) in [6.45, 7) is 3.44. The lowest BCUT2D eigenvalue weighted by atomic mass is 10.1. The number of aromatic amines is 1. The summed E-state index contributed by atoms with van der Waals surface area (Å²) in [7, 11) is 0. The summed E-state index contributed by atoms with van der Waals surface area (Å²) in [4.78, 5) is 12.5. The first-order valence-electron chi connectivity index (χ1n) is 13.6. The number of aromatic nitrogens is 2. The molecule has 4 aromatic rings. The number of nitrogens with zero attached hydrogens (tertiary/aromatic N) is 2. The topological polar surface area (TPSA) is 88.6 Å². The lowest BCUT2D eigenvalue weighted by Crippen LogP contribution is -2.18. The van der Waals surface area contributed by atoms with Gasteiger partial charge in [0.05, 0.1) is 18.5 Å². The minimum atomic E-state index is -0.375. The fourth-order valence-corrected chi connectivity index (χ4v) is 4.03. The monoisotopic (exact) mass is 524 g/mol. The summed E-state index contributed by atoms with van der Waals surface area (Å²) >= 11 is 0. The fourth-order valence-electron chi connectivity index (χ4n) is 4.03. The van der Waals surface area contributed by atoms with Crippen molar-refractivity contribution < 1.29 is 14.3 Å². The van der Waals surface area contributed by atoms with Crippen molar-refractivity contribution in [2.45, 2.75) is 52.1 Å². The van der Waals surface area contributed by atoms with Crippen molar-refractivity contribution >= 4 is 12.1 Å². The number of ether oxygens (including phenoxy) is 2. The van der Waals surface area contributed by atoms with Crippen molar-refractivity contribution in [1.82, 2.24) is 15.6 Å². The number of carbonyl (C=O) groups excluding carboxylic acids is 1. The summed E-state index contributed by atoms with van der Waals surface area (Å²) in [5.41, 5.74) is 6.34. The van der Waals surface area contributed by atoms with E-state index in [-0.39, 0.29) is 5.91 Å². The molecule has 0 saturated heterocycles. The number of hydrogen-bond acceptors (Lipinski definition) is 5. The second-order valence-electron chi connectivity index (χ2n) is 9.35. The van der Waals surface area contributed by atoms with E-state index in [1.54, 1.807) is 12.3 Å². The third kappa shape index (κ3) is 9.14. The molecule has 0 aliphatic heterocycles. The van der Waals surface area contributed by atoms with Crippen LogP contribution in [0.25, 0.3) is 11.3 Å². The average Bonchev–Trinajstić information content (AvgIpc) is 3.47. The number of benzene rings is 3. The van der Waals surface area contributed by atoms with Gasteiger partial charge in [0.2, 0.25) is 0 Å². The van der Waals surface area contributed by atoms with Crippen LogP contribution in [0.4, 0.5) is 0 Å². The van der Waals surface area contributed by atoms with E-state index >= 15 is 0 Å². The largest absolute Gasteiger partial charge is 0.494 e. The molecule has 0 radical (unpaired) electrons. The van der Waals surface area contributed by atoms with E-state index in [4.69, 9.17) is 9.47 Å². The van der Waals surface area contributed by atoms with Crippen LogP contribution in [0.3, 0.4) is 0 Å². The van der Waals surface area contributed by atoms with E-state index in [9.17, 15) is 4.79 Å². The first kappa shape index (κ1) is 27.6. The van der Waals surface area contributed by atoms with E-state index in [0.717, 1.165) is 41.2 Å². The molecule has 7 nitrogen and oxygen atoms in total. The normalized spacial score (nSPS) is 11.0. The molecule has 4 rings (SSSR count). The molecule has 0 bridgehead atoms. The summed E-state index contributed by atoms with van der Waals surface area (Å²) in [5, 5.41) is 11.1. The standard InChI is InChI=1S/C32H36N4O3/c1-2-3-4-5-6-10-20-38-28-18-16-27(17-19-28)30-22-31(35-34-30)32(37)36-33-23-26-14-11-15-29(21-26)39-24-25-12-8-7-9-13-25/h7-9,11-19,21-23H,2-6,10,20,24H2,1H3,(H,34,35)(H,36,37). The van der Waals surface area contributed by atoms with Crippen LogP contribution < -0.4 is 14.9 Å². The van der Waals surface area contributed by atoms with Gasteiger partial charge in [0.15, 0.2) is 0 Å². The molecule has 7 heteroatoms. The summed E-state index contributed by atoms with van der Waals surface area (Å²) in [6.07, 6.45) is 9.00. The zero-order valence-corrected chi connectivity index (χ0v) is 22.4. The Bertz CT molecular complexity index is 1320. The first-order chi connectivity index (χ1) is 19.2. The van der Waals surface area contributed by atoms with Gasteiger partial charge in [-0.25, -0.2) is 5.43 Å². The quantitative estimate of drug-likeness (QED) is 0.0981. The van der Waals surface area contributed by atoms with Crippen molar-refractivity contribution in [2.24, 2.45) is 5.10 Å². The summed E-state index contributed by atoms with van der Waals surface area (Å²) < 4.78 is 11.7. The summed E-state index contributed by atoms with van der Waals surface area (Å²) in [5.74, 6) is 1.19. The number of amides is 1. The fraction of sp³-hybridized carbons (Fsp3) is 0.281. The third-order valence-corrected chi connectivity index (χ3v) is 6.23. The van der Waals surface area contributed by atoms with Crippen molar-refractivity contribution in [2.75, 3.05) is 6.61 Å². The highest BCUT2D eigenvalue weighted by Gasteiger charge is 2.10. The maximum atomic E-state index is 12.5. The highest BCUT2D eigenvalue weighted by Crippen LogP contribution is 2.22. The van der Waals surface area contributed by atoms with Gasteiger partial charge in [0.25, 0.3) is 5.91 Å². The molecule has 0 atom stereocenters. The molecule has 1 amide bonds. The Balaban J connectivity index is 1.23. The number of hydrogen-bond donors (Lipinski definition) is 2. The Labute approximate surface area is 230 Å². The van der Waals surface area contributed by atoms with Crippen LogP contribution >= 0.6 is 0 Å². The van der Waals surface area contributed by atoms with Crippen molar-refractivity contribution in [3.8, 4) is 22.8 Å². The van der Waals surface area contributed by atoms with Crippen molar-refractivity contribution in [1.29, 1.82) is 0 Å². The Morgan fingerprint density at radius 3 is 2.49 bits per heavy atom. The zero-order chi connectivity index (χ0) is 27.1. The molecular weight excluding hydrogens is 488 g/mol. The van der Waals surface area contributed by atoms with Crippen LogP contribution in [-0.2, 0) is 6.61 Å². The minimum absolute atomic E-state index is 0.325. The molecule has 202 valence electrons. The number of nitrogens with one attached hydrogen (secondary N) is 2. The third-order valence-electron chi connectivity index (χ3n) is 6.23. The Kier molecular flexibility index (Phi) is 10.7. The molecule has 0 aliphatic rings. The van der Waals surface area contributed by atoms with Crippen LogP contribution in [0.1, 0.15) is 67.1 Å². The van der Waals surface area contributed by atoms with E-state index in [1.165, 1.54) is 32.1 Å². The van der Waals surface area contributed by atoms with E-state index in [0.29, 0.717) is 18.0 Å². The second-order valence-corrected chi connectivity index (χ2v) is 9.35. The van der Waals surface area contributed by atoms with Crippen molar-refractivity contribution in [3.63, 3.8) is 0 Å². The molecular formula is C32H36N4O3. The van der Waals surface area contributed by atoms with Gasteiger partial charge in [-0.1, -0.05) is 81.5 Å². The van der Waals surface area contributed by atoms with Crippen LogP contribution in [0.15, 0.2) is 90.0 Å². The predicted octanol–water partition coefficient (Wildman–Crippen LogP) is 7.16. The van der Waals surface area contributed by atoms with E-state index < -0.39 is 0 Å². The smallest absolute Gasteiger partial charge is 0.289 e. The van der Waals surface area contributed by atoms with Gasteiger partial charge in [-0.15, -0.1) is 0 Å². The Morgan fingerprint density at radius 2 is 1.67 bits per heavy atom. The van der Waals surface area contributed by atoms with Crippen LogP contribution in [-0.4, -0.2) is 28.9 Å². The summed E-state index contributed by atoms with van der Waals surface area (Å²) in [6, 6.07) is 27.0. The highest BCUT2D eigenvalue weighted by atomic mass is 16.5. The van der Waals surface area contributed by atoms with Gasteiger partial charge in [-0.3, -0.25) is 9.89 Å². The van der Waals surface area contributed by atoms with Crippen LogP contribution in [0.2, 0.25) is 0 Å². The van der Waals surface area contributed by atoms with E-state index in [2.05, 4.69) is 27.6 Å². The molecule has 0 fully saturated rings. The van der Waals surface area contributed by atoms with Crippen LogP contribution in [0.5, 0.6) is 11.5 Å². The van der Waals surface area contributed by atoms with Gasteiger partial charge < -0.3 is 9.47 Å². The number of hydrazone groups is 1. The number of rotatable bonds is 15. The Hall–Kier alpha value is -4.39. The van der Waals surface area contributed by atoms with Gasteiger partial charge >= 0.3 is 0 Å². The maximum absolute atomic E-state index is 12.5. The molecule has 39 heavy (non-hydrogen) atoms. The SMILES string of the molecule is CCCCCCCCOc1ccc(-c2cc(C(=O)NN=Cc3cccc(OCc4ccccc4)c3)[nH]n2)cc1. The number of unbranched alkanes of at least 4 members (excludes halogenated alkanes) is 5. The molecule has 2 N–H and O–H groups in total. The number of H-pyrrole nitrogens is 1. The minimum Gasteiger partial charge on any atom is -0.494 e. The van der Waals surface area contributed by atoms with Gasteiger partial charge in [0.1, 0.15) is 23.8 Å².